The molecule has 2 fully saturated rings. The molecule has 4 rings (SSSR count). The van der Waals surface area contributed by atoms with Crippen LogP contribution in [0.25, 0.3) is 10.9 Å². The van der Waals surface area contributed by atoms with Crippen LogP contribution < -0.4 is 5.32 Å². The second-order valence-electron chi connectivity index (χ2n) is 7.23. The Balaban J connectivity index is 1.45. The zero-order valence-corrected chi connectivity index (χ0v) is 14.8. The van der Waals surface area contributed by atoms with Crippen LogP contribution >= 0.6 is 0 Å². The van der Waals surface area contributed by atoms with Crippen LogP contribution in [0.3, 0.4) is 0 Å². The summed E-state index contributed by atoms with van der Waals surface area (Å²) >= 11 is 0. The summed E-state index contributed by atoms with van der Waals surface area (Å²) in [5.74, 6) is -0.0167. The summed E-state index contributed by atoms with van der Waals surface area (Å²) in [4.78, 5) is 19.4. The topological polar surface area (TPSA) is 74.7 Å². The maximum atomic E-state index is 12.7. The number of aliphatic hydroxyl groups excluding tert-OH is 1. The van der Waals surface area contributed by atoms with Crippen LogP contribution in [0, 0.1) is 5.92 Å². The van der Waals surface area contributed by atoms with E-state index in [1.807, 2.05) is 30.3 Å². The lowest BCUT2D eigenvalue weighted by atomic mass is 10.0. The molecule has 2 saturated heterocycles. The van der Waals surface area contributed by atoms with Crippen molar-refractivity contribution in [3.63, 3.8) is 0 Å². The molecule has 1 aromatic carbocycles. The van der Waals surface area contributed by atoms with E-state index in [4.69, 9.17) is 4.74 Å². The van der Waals surface area contributed by atoms with Gasteiger partial charge in [0.05, 0.1) is 5.52 Å². The molecule has 6 nitrogen and oxygen atoms in total. The molecular weight excluding hydrogens is 330 g/mol. The summed E-state index contributed by atoms with van der Waals surface area (Å²) in [6.45, 7) is 3.30. The fourth-order valence-corrected chi connectivity index (χ4v) is 4.07. The first-order valence-corrected chi connectivity index (χ1v) is 9.33. The van der Waals surface area contributed by atoms with E-state index in [2.05, 4.69) is 15.2 Å². The number of aromatic nitrogens is 1. The number of likely N-dealkylation sites (tertiary alicyclic amines) is 1. The lowest BCUT2D eigenvalue weighted by Crippen LogP contribution is -2.43. The van der Waals surface area contributed by atoms with E-state index in [1.54, 1.807) is 6.20 Å². The predicted octanol–water partition coefficient (Wildman–Crippen LogP) is 1.44. The highest BCUT2D eigenvalue weighted by Crippen LogP contribution is 2.24. The number of pyridine rings is 1. The van der Waals surface area contributed by atoms with Crippen molar-refractivity contribution in [3.8, 4) is 0 Å². The molecule has 2 atom stereocenters. The van der Waals surface area contributed by atoms with Gasteiger partial charge in [0.25, 0.3) is 5.91 Å². The van der Waals surface area contributed by atoms with Crippen LogP contribution in [0.2, 0.25) is 0 Å². The second-order valence-corrected chi connectivity index (χ2v) is 7.23. The highest BCUT2D eigenvalue weighted by atomic mass is 16.5. The van der Waals surface area contributed by atoms with E-state index < -0.39 is 0 Å². The lowest BCUT2D eigenvalue weighted by molar-refractivity contribution is 0.0399. The van der Waals surface area contributed by atoms with Crippen molar-refractivity contribution in [3.05, 3.63) is 42.1 Å². The monoisotopic (exact) mass is 355 g/mol. The standard InChI is InChI=1S/C20H25N3O3/c24-13-16-11-23(17-5-8-26-9-6-17)12-19(16)22-20(25)15-3-4-18-14(10-15)2-1-7-21-18/h1-4,7,10,16-17,19,24H,5-6,8-9,11-13H2,(H,22,25)/t16-,19+/m0/s1. The molecule has 0 bridgehead atoms. The van der Waals surface area contributed by atoms with Crippen LogP contribution in [-0.4, -0.2) is 65.9 Å². The van der Waals surface area contributed by atoms with E-state index in [1.165, 1.54) is 0 Å². The van der Waals surface area contributed by atoms with Gasteiger partial charge < -0.3 is 15.2 Å². The zero-order valence-electron chi connectivity index (χ0n) is 14.8. The quantitative estimate of drug-likeness (QED) is 0.868. The third-order valence-electron chi connectivity index (χ3n) is 5.59. The Morgan fingerprint density at radius 1 is 1.27 bits per heavy atom. The number of hydrogen-bond donors (Lipinski definition) is 2. The SMILES string of the molecule is O=C(N[C@@H]1CN(C2CCOCC2)C[C@H]1CO)c1ccc2ncccc2c1. The van der Waals surface area contributed by atoms with Crippen LogP contribution in [-0.2, 0) is 4.74 Å². The lowest BCUT2D eigenvalue weighted by Gasteiger charge is -2.31. The molecule has 2 aliphatic heterocycles. The number of carbonyl (C=O) groups is 1. The number of nitrogens with zero attached hydrogens (tertiary/aromatic N) is 2. The average molecular weight is 355 g/mol. The number of carbonyl (C=O) groups excluding carboxylic acids is 1. The van der Waals surface area contributed by atoms with Crippen molar-refractivity contribution in [1.82, 2.24) is 15.2 Å². The van der Waals surface area contributed by atoms with Gasteiger partial charge in [0.1, 0.15) is 0 Å². The minimum absolute atomic E-state index is 0.0278. The van der Waals surface area contributed by atoms with E-state index in [0.29, 0.717) is 11.6 Å². The molecule has 0 unspecified atom stereocenters. The van der Waals surface area contributed by atoms with Gasteiger partial charge in [0, 0.05) is 68.1 Å². The molecule has 2 aliphatic rings. The first kappa shape index (κ1) is 17.4. The zero-order chi connectivity index (χ0) is 17.9. The van der Waals surface area contributed by atoms with Crippen molar-refractivity contribution in [1.29, 1.82) is 0 Å². The van der Waals surface area contributed by atoms with Gasteiger partial charge in [-0.3, -0.25) is 14.7 Å². The van der Waals surface area contributed by atoms with Crippen molar-refractivity contribution < 1.29 is 14.6 Å². The average Bonchev–Trinajstić information content (AvgIpc) is 3.11. The van der Waals surface area contributed by atoms with Crippen LogP contribution in [0.15, 0.2) is 36.5 Å². The van der Waals surface area contributed by atoms with Gasteiger partial charge in [0.15, 0.2) is 0 Å². The van der Waals surface area contributed by atoms with Gasteiger partial charge in [-0.1, -0.05) is 6.07 Å². The van der Waals surface area contributed by atoms with Crippen LogP contribution in [0.4, 0.5) is 0 Å². The molecule has 1 amide bonds. The van der Waals surface area contributed by atoms with Gasteiger partial charge in [-0.25, -0.2) is 0 Å². The summed E-state index contributed by atoms with van der Waals surface area (Å²) < 4.78 is 5.45. The number of fused-ring (bicyclic) bond motifs is 1. The molecule has 0 saturated carbocycles. The van der Waals surface area contributed by atoms with Crippen molar-refractivity contribution in [2.75, 3.05) is 32.9 Å². The smallest absolute Gasteiger partial charge is 0.251 e. The molecular formula is C20H25N3O3. The summed E-state index contributed by atoms with van der Waals surface area (Å²) in [6.07, 6.45) is 3.80. The minimum Gasteiger partial charge on any atom is -0.396 e. The maximum Gasteiger partial charge on any atom is 0.251 e. The number of aliphatic hydroxyl groups is 1. The van der Waals surface area contributed by atoms with Crippen LogP contribution in [0.1, 0.15) is 23.2 Å². The number of benzene rings is 1. The van der Waals surface area contributed by atoms with E-state index in [0.717, 1.165) is 50.0 Å². The number of rotatable bonds is 4. The normalized spacial score (nSPS) is 24.8. The Bertz CT molecular complexity index is 776. The van der Waals surface area contributed by atoms with Crippen molar-refractivity contribution in [2.24, 2.45) is 5.92 Å². The van der Waals surface area contributed by atoms with E-state index >= 15 is 0 Å². The number of amides is 1. The molecule has 138 valence electrons. The summed E-state index contributed by atoms with van der Waals surface area (Å²) in [5.41, 5.74) is 1.51. The second kappa shape index (κ2) is 7.70. The van der Waals surface area contributed by atoms with Crippen LogP contribution in [0.5, 0.6) is 0 Å². The maximum absolute atomic E-state index is 12.7. The third kappa shape index (κ3) is 3.58. The fourth-order valence-electron chi connectivity index (χ4n) is 4.07. The largest absolute Gasteiger partial charge is 0.396 e. The molecule has 0 aliphatic carbocycles. The van der Waals surface area contributed by atoms with Gasteiger partial charge in [-0.2, -0.15) is 0 Å². The Kier molecular flexibility index (Phi) is 5.15. The van der Waals surface area contributed by atoms with Gasteiger partial charge >= 0.3 is 0 Å². The van der Waals surface area contributed by atoms with Gasteiger partial charge in [0.2, 0.25) is 0 Å². The molecule has 0 radical (unpaired) electrons. The summed E-state index contributed by atoms with van der Waals surface area (Å²) in [6, 6.07) is 9.84. The number of nitrogens with one attached hydrogen (secondary N) is 1. The third-order valence-corrected chi connectivity index (χ3v) is 5.59. The Hall–Kier alpha value is -2.02. The molecule has 2 aromatic rings. The minimum atomic E-state index is -0.0898. The molecule has 26 heavy (non-hydrogen) atoms. The first-order valence-electron chi connectivity index (χ1n) is 9.33. The summed E-state index contributed by atoms with van der Waals surface area (Å²) in [7, 11) is 0. The first-order chi connectivity index (χ1) is 12.7. The molecule has 3 heterocycles. The van der Waals surface area contributed by atoms with E-state index in [9.17, 15) is 9.90 Å². The van der Waals surface area contributed by atoms with Crippen molar-refractivity contribution >= 4 is 16.8 Å². The molecule has 0 spiro atoms. The Morgan fingerprint density at radius 3 is 2.92 bits per heavy atom. The van der Waals surface area contributed by atoms with E-state index in [-0.39, 0.29) is 24.5 Å². The van der Waals surface area contributed by atoms with Gasteiger partial charge in [-0.15, -0.1) is 0 Å². The highest BCUT2D eigenvalue weighted by Gasteiger charge is 2.37. The Labute approximate surface area is 153 Å². The molecule has 1 aromatic heterocycles. The number of hydrogen-bond acceptors (Lipinski definition) is 5. The molecule has 2 N–H and O–H groups in total. The molecule has 6 heteroatoms. The highest BCUT2D eigenvalue weighted by molar-refractivity contribution is 5.98. The summed E-state index contributed by atoms with van der Waals surface area (Å²) in [5, 5.41) is 13.9. The fraction of sp³-hybridized carbons (Fsp3) is 0.500. The van der Waals surface area contributed by atoms with Crippen molar-refractivity contribution in [2.45, 2.75) is 24.9 Å². The number of ether oxygens (including phenoxy) is 1. The van der Waals surface area contributed by atoms with Gasteiger partial charge in [-0.05, 0) is 37.1 Å². The predicted molar refractivity (Wildman–Crippen MR) is 99.0 cm³/mol. The Morgan fingerprint density at radius 2 is 2.12 bits per heavy atom.